The zero-order chi connectivity index (χ0) is 19.2. The Morgan fingerprint density at radius 2 is 1.70 bits per heavy atom. The predicted octanol–water partition coefficient (Wildman–Crippen LogP) is 3.66. The largest absolute Gasteiger partial charge is 0.326 e. The first-order valence-electron chi connectivity index (χ1n) is 8.53. The second kappa shape index (κ2) is 6.98. The Morgan fingerprint density at radius 3 is 2.44 bits per heavy atom. The van der Waals surface area contributed by atoms with E-state index in [0.717, 1.165) is 11.0 Å². The molecule has 0 radical (unpaired) electrons. The fourth-order valence-electron chi connectivity index (χ4n) is 3.60. The molecule has 3 aromatic rings. The number of H-pyrrole nitrogens is 1. The Balaban J connectivity index is 1.59. The van der Waals surface area contributed by atoms with E-state index in [1.54, 1.807) is 16.7 Å². The molecule has 27 heavy (non-hydrogen) atoms. The smallest absolute Gasteiger partial charge is 0.306 e. The Bertz CT molecular complexity index is 1160. The number of aromatic nitrogens is 2. The van der Waals surface area contributed by atoms with Crippen molar-refractivity contribution in [1.82, 2.24) is 13.9 Å². The quantitative estimate of drug-likeness (QED) is 0.695. The molecule has 4 rings (SSSR count). The first-order valence-corrected chi connectivity index (χ1v) is 10.7. The average molecular weight is 426 g/mol. The number of benzene rings is 2. The van der Waals surface area contributed by atoms with E-state index < -0.39 is 10.0 Å². The van der Waals surface area contributed by atoms with Crippen LogP contribution in [-0.4, -0.2) is 35.4 Å². The maximum atomic E-state index is 12.9. The first kappa shape index (κ1) is 18.6. The van der Waals surface area contributed by atoms with Crippen LogP contribution < -0.4 is 5.69 Å². The zero-order valence-corrected chi connectivity index (χ0v) is 16.6. The molecule has 0 atom stereocenters. The Kier molecular flexibility index (Phi) is 4.80. The van der Waals surface area contributed by atoms with Crippen LogP contribution in [0.2, 0.25) is 10.0 Å². The predicted molar refractivity (Wildman–Crippen MR) is 106 cm³/mol. The highest BCUT2D eigenvalue weighted by Crippen LogP contribution is 2.33. The van der Waals surface area contributed by atoms with E-state index in [0.29, 0.717) is 25.9 Å². The van der Waals surface area contributed by atoms with Crippen LogP contribution >= 0.6 is 23.2 Å². The van der Waals surface area contributed by atoms with Gasteiger partial charge in [-0.05, 0) is 37.1 Å². The van der Waals surface area contributed by atoms with Crippen LogP contribution in [0.4, 0.5) is 0 Å². The number of nitrogens with zero attached hydrogens (tertiary/aromatic N) is 2. The molecule has 0 spiro atoms. The van der Waals surface area contributed by atoms with Crippen molar-refractivity contribution in [3.05, 3.63) is 63.0 Å². The molecular weight excluding hydrogens is 409 g/mol. The van der Waals surface area contributed by atoms with E-state index in [1.807, 2.05) is 24.3 Å². The summed E-state index contributed by atoms with van der Waals surface area (Å²) < 4.78 is 29.0. The van der Waals surface area contributed by atoms with Crippen LogP contribution in [0.5, 0.6) is 0 Å². The van der Waals surface area contributed by atoms with Crippen molar-refractivity contribution in [2.24, 2.45) is 0 Å². The van der Waals surface area contributed by atoms with Gasteiger partial charge in [0.05, 0.1) is 21.1 Å². The molecule has 1 aliphatic rings. The molecule has 142 valence electrons. The summed E-state index contributed by atoms with van der Waals surface area (Å²) in [6.45, 7) is 0.615. The lowest BCUT2D eigenvalue weighted by Crippen LogP contribution is -2.40. The lowest BCUT2D eigenvalue weighted by Gasteiger charge is -2.32. The molecule has 2 aromatic carbocycles. The minimum Gasteiger partial charge on any atom is -0.306 e. The van der Waals surface area contributed by atoms with Crippen LogP contribution in [-0.2, 0) is 10.0 Å². The van der Waals surface area contributed by atoms with Crippen molar-refractivity contribution in [1.29, 1.82) is 0 Å². The van der Waals surface area contributed by atoms with E-state index >= 15 is 0 Å². The molecule has 0 saturated carbocycles. The highest BCUT2D eigenvalue weighted by atomic mass is 35.5. The number of fused-ring (bicyclic) bond motifs is 1. The summed E-state index contributed by atoms with van der Waals surface area (Å²) in [7, 11) is -3.74. The third-order valence-electron chi connectivity index (χ3n) is 4.95. The number of hydrogen-bond acceptors (Lipinski definition) is 3. The summed E-state index contributed by atoms with van der Waals surface area (Å²) in [6.07, 6.45) is 1.08. The van der Waals surface area contributed by atoms with Crippen LogP contribution in [0, 0.1) is 0 Å². The van der Waals surface area contributed by atoms with Crippen molar-refractivity contribution in [2.75, 3.05) is 13.1 Å². The molecule has 0 bridgehead atoms. The van der Waals surface area contributed by atoms with Crippen LogP contribution in [0.15, 0.2) is 52.2 Å². The second-order valence-electron chi connectivity index (χ2n) is 6.50. The topological polar surface area (TPSA) is 75.2 Å². The molecule has 1 saturated heterocycles. The minimum atomic E-state index is -3.74. The molecule has 6 nitrogen and oxygen atoms in total. The number of hydrogen-bond donors (Lipinski definition) is 1. The van der Waals surface area contributed by atoms with Gasteiger partial charge in [0.15, 0.2) is 0 Å². The molecule has 0 aliphatic carbocycles. The zero-order valence-electron chi connectivity index (χ0n) is 14.2. The minimum absolute atomic E-state index is 0.0133. The molecule has 1 aromatic heterocycles. The van der Waals surface area contributed by atoms with Gasteiger partial charge in [0.2, 0.25) is 10.0 Å². The standard InChI is InChI=1S/C18H17Cl2N3O3S/c19-13-4-3-7-16(17(13)20)27(25,26)22-10-8-12(9-11-22)23-15-6-2-1-5-14(15)21-18(23)24/h1-7,12H,8-11H2,(H,21,24). The third-order valence-corrected chi connectivity index (χ3v) is 7.82. The Labute approximate surface area is 166 Å². The summed E-state index contributed by atoms with van der Waals surface area (Å²) in [5, 5.41) is 0.243. The highest BCUT2D eigenvalue weighted by Gasteiger charge is 2.32. The Hall–Kier alpha value is -1.80. The maximum Gasteiger partial charge on any atom is 0.326 e. The lowest BCUT2D eigenvalue weighted by molar-refractivity contribution is 0.274. The molecule has 0 unspecified atom stereocenters. The van der Waals surface area contributed by atoms with Crippen molar-refractivity contribution in [3.63, 3.8) is 0 Å². The van der Waals surface area contributed by atoms with Crippen LogP contribution in [0.3, 0.4) is 0 Å². The highest BCUT2D eigenvalue weighted by molar-refractivity contribution is 7.89. The molecule has 2 heterocycles. The molecule has 0 amide bonds. The third kappa shape index (κ3) is 3.18. The number of rotatable bonds is 3. The van der Waals surface area contributed by atoms with E-state index in [1.165, 1.54) is 10.4 Å². The SMILES string of the molecule is O=c1[nH]c2ccccc2n1C1CCN(S(=O)(=O)c2cccc(Cl)c2Cl)CC1. The van der Waals surface area contributed by atoms with E-state index in [2.05, 4.69) is 4.98 Å². The van der Waals surface area contributed by atoms with E-state index in [4.69, 9.17) is 23.2 Å². The summed E-state index contributed by atoms with van der Waals surface area (Å²) >= 11 is 12.1. The summed E-state index contributed by atoms with van der Waals surface area (Å²) in [5.41, 5.74) is 1.44. The number of halogens is 2. The van der Waals surface area contributed by atoms with Crippen molar-refractivity contribution in [3.8, 4) is 0 Å². The van der Waals surface area contributed by atoms with E-state index in [-0.39, 0.29) is 26.7 Å². The molecule has 1 aliphatic heterocycles. The van der Waals surface area contributed by atoms with Gasteiger partial charge >= 0.3 is 5.69 Å². The number of imidazole rings is 1. The number of aromatic amines is 1. The monoisotopic (exact) mass is 425 g/mol. The van der Waals surface area contributed by atoms with Gasteiger partial charge < -0.3 is 4.98 Å². The average Bonchev–Trinajstić information content (AvgIpc) is 2.99. The maximum absolute atomic E-state index is 12.9. The second-order valence-corrected chi connectivity index (χ2v) is 9.20. The summed E-state index contributed by atoms with van der Waals surface area (Å²) in [4.78, 5) is 15.2. The van der Waals surface area contributed by atoms with Crippen molar-refractivity contribution in [2.45, 2.75) is 23.8 Å². The van der Waals surface area contributed by atoms with Crippen molar-refractivity contribution >= 4 is 44.3 Å². The molecule has 1 N–H and O–H groups in total. The van der Waals surface area contributed by atoms with Crippen LogP contribution in [0.25, 0.3) is 11.0 Å². The number of nitrogens with one attached hydrogen (secondary N) is 1. The molecular formula is C18H17Cl2N3O3S. The van der Waals surface area contributed by atoms with Gasteiger partial charge in [-0.1, -0.05) is 41.4 Å². The lowest BCUT2D eigenvalue weighted by atomic mass is 10.1. The number of para-hydroxylation sites is 2. The summed E-state index contributed by atoms with van der Waals surface area (Å²) in [6, 6.07) is 12.0. The van der Waals surface area contributed by atoms with Gasteiger partial charge in [0, 0.05) is 19.1 Å². The van der Waals surface area contributed by atoms with Gasteiger partial charge in [-0.25, -0.2) is 13.2 Å². The van der Waals surface area contributed by atoms with Gasteiger partial charge in [-0.3, -0.25) is 4.57 Å². The van der Waals surface area contributed by atoms with Crippen LogP contribution in [0.1, 0.15) is 18.9 Å². The van der Waals surface area contributed by atoms with Gasteiger partial charge in [-0.2, -0.15) is 4.31 Å². The summed E-state index contributed by atoms with van der Waals surface area (Å²) in [5.74, 6) is 0. The Morgan fingerprint density at radius 1 is 1.00 bits per heavy atom. The van der Waals surface area contributed by atoms with Gasteiger partial charge in [0.1, 0.15) is 4.90 Å². The number of sulfonamides is 1. The molecule has 9 heteroatoms. The van der Waals surface area contributed by atoms with E-state index in [9.17, 15) is 13.2 Å². The van der Waals surface area contributed by atoms with Gasteiger partial charge in [0.25, 0.3) is 0 Å². The number of piperidine rings is 1. The van der Waals surface area contributed by atoms with Gasteiger partial charge in [-0.15, -0.1) is 0 Å². The fourth-order valence-corrected chi connectivity index (χ4v) is 5.81. The first-order chi connectivity index (χ1) is 12.9. The van der Waals surface area contributed by atoms with Crippen molar-refractivity contribution < 1.29 is 8.42 Å². The fraction of sp³-hybridized carbons (Fsp3) is 0.278. The normalized spacial score (nSPS) is 16.8. The molecule has 1 fully saturated rings.